The molecular formula is C12H20N2O. The van der Waals surface area contributed by atoms with Crippen LogP contribution in [-0.2, 0) is 6.54 Å². The van der Waals surface area contributed by atoms with Crippen LogP contribution in [0.25, 0.3) is 0 Å². The summed E-state index contributed by atoms with van der Waals surface area (Å²) in [5, 5.41) is 12.6. The molecule has 1 heterocycles. The molecular weight excluding hydrogens is 188 g/mol. The van der Waals surface area contributed by atoms with Crippen molar-refractivity contribution in [3.05, 3.63) is 29.6 Å². The van der Waals surface area contributed by atoms with Crippen molar-refractivity contribution in [2.75, 3.05) is 6.54 Å². The van der Waals surface area contributed by atoms with Gasteiger partial charge < -0.3 is 10.4 Å². The van der Waals surface area contributed by atoms with Crippen molar-refractivity contribution in [2.45, 2.75) is 39.3 Å². The predicted molar refractivity (Wildman–Crippen MR) is 61.6 cm³/mol. The minimum Gasteiger partial charge on any atom is -0.393 e. The summed E-state index contributed by atoms with van der Waals surface area (Å²) in [4.78, 5) is 4.39. The van der Waals surface area contributed by atoms with Crippen LogP contribution in [0.5, 0.6) is 0 Å². The molecule has 0 aliphatic heterocycles. The summed E-state index contributed by atoms with van der Waals surface area (Å²) in [5.74, 6) is 0. The fraction of sp³-hybridized carbons (Fsp3) is 0.583. The molecule has 1 aromatic rings. The van der Waals surface area contributed by atoms with Gasteiger partial charge in [-0.05, 0) is 38.4 Å². The van der Waals surface area contributed by atoms with Crippen molar-refractivity contribution in [2.24, 2.45) is 0 Å². The maximum atomic E-state index is 9.34. The van der Waals surface area contributed by atoms with Crippen molar-refractivity contribution in [1.82, 2.24) is 10.3 Å². The van der Waals surface area contributed by atoms with Gasteiger partial charge in [-0.3, -0.25) is 4.98 Å². The molecule has 1 aromatic heterocycles. The van der Waals surface area contributed by atoms with Crippen molar-refractivity contribution in [1.29, 1.82) is 0 Å². The van der Waals surface area contributed by atoms with Crippen molar-refractivity contribution >= 4 is 0 Å². The van der Waals surface area contributed by atoms with Crippen LogP contribution in [0.2, 0.25) is 0 Å². The van der Waals surface area contributed by atoms with E-state index in [0.717, 1.165) is 37.3 Å². The molecule has 0 saturated carbocycles. The number of pyridine rings is 1. The zero-order chi connectivity index (χ0) is 11.1. The number of aliphatic hydroxyl groups is 1. The molecule has 0 radical (unpaired) electrons. The Morgan fingerprint density at radius 3 is 2.93 bits per heavy atom. The monoisotopic (exact) mass is 208 g/mol. The molecule has 84 valence electrons. The number of aryl methyl sites for hydroxylation is 1. The highest BCUT2D eigenvalue weighted by molar-refractivity contribution is 5.09. The maximum absolute atomic E-state index is 9.34. The van der Waals surface area contributed by atoms with Gasteiger partial charge in [0.05, 0.1) is 11.8 Å². The Kier molecular flexibility index (Phi) is 5.29. The summed E-state index contributed by atoms with van der Waals surface area (Å²) in [6.07, 6.45) is 1.45. The fourth-order valence-electron chi connectivity index (χ4n) is 1.39. The summed E-state index contributed by atoms with van der Waals surface area (Å²) in [7, 11) is 0. The highest BCUT2D eigenvalue weighted by atomic mass is 16.3. The number of hydrogen-bond acceptors (Lipinski definition) is 3. The molecule has 15 heavy (non-hydrogen) atoms. The van der Waals surface area contributed by atoms with Gasteiger partial charge in [0, 0.05) is 12.2 Å². The molecule has 0 aliphatic carbocycles. The van der Waals surface area contributed by atoms with Crippen LogP contribution >= 0.6 is 0 Å². The number of aromatic nitrogens is 1. The number of rotatable bonds is 6. The fourth-order valence-corrected chi connectivity index (χ4v) is 1.39. The molecule has 3 nitrogen and oxygen atoms in total. The van der Waals surface area contributed by atoms with Gasteiger partial charge in [0.15, 0.2) is 0 Å². The normalized spacial score (nSPS) is 12.7. The van der Waals surface area contributed by atoms with Gasteiger partial charge in [0.1, 0.15) is 0 Å². The van der Waals surface area contributed by atoms with E-state index in [0.29, 0.717) is 0 Å². The first-order chi connectivity index (χ1) is 7.22. The van der Waals surface area contributed by atoms with Gasteiger partial charge in [0.2, 0.25) is 0 Å². The molecule has 2 N–H and O–H groups in total. The van der Waals surface area contributed by atoms with E-state index in [-0.39, 0.29) is 6.10 Å². The average molecular weight is 208 g/mol. The summed E-state index contributed by atoms with van der Waals surface area (Å²) in [6.45, 7) is 5.60. The zero-order valence-electron chi connectivity index (χ0n) is 9.53. The second-order valence-electron chi connectivity index (χ2n) is 3.80. The van der Waals surface area contributed by atoms with E-state index in [1.165, 1.54) is 0 Å². The highest BCUT2D eigenvalue weighted by Crippen LogP contribution is 1.98. The van der Waals surface area contributed by atoms with E-state index in [9.17, 15) is 5.11 Å². The Bertz CT molecular complexity index is 289. The van der Waals surface area contributed by atoms with Gasteiger partial charge >= 0.3 is 0 Å². The van der Waals surface area contributed by atoms with Crippen LogP contribution in [-0.4, -0.2) is 22.7 Å². The van der Waals surface area contributed by atoms with Gasteiger partial charge in [-0.1, -0.05) is 13.0 Å². The van der Waals surface area contributed by atoms with Crippen LogP contribution in [0, 0.1) is 6.92 Å². The third-order valence-electron chi connectivity index (χ3n) is 2.38. The number of nitrogens with zero attached hydrogens (tertiary/aromatic N) is 1. The molecule has 0 aliphatic rings. The molecule has 1 rings (SSSR count). The van der Waals surface area contributed by atoms with Gasteiger partial charge in [-0.2, -0.15) is 0 Å². The van der Waals surface area contributed by atoms with Gasteiger partial charge in [-0.25, -0.2) is 0 Å². The first-order valence-electron chi connectivity index (χ1n) is 5.53. The van der Waals surface area contributed by atoms with Crippen molar-refractivity contribution in [3.63, 3.8) is 0 Å². The minimum atomic E-state index is -0.178. The third-order valence-corrected chi connectivity index (χ3v) is 2.38. The quantitative estimate of drug-likeness (QED) is 0.699. The third kappa shape index (κ3) is 4.91. The van der Waals surface area contributed by atoms with Crippen molar-refractivity contribution < 1.29 is 5.11 Å². The lowest BCUT2D eigenvalue weighted by molar-refractivity contribution is 0.159. The highest BCUT2D eigenvalue weighted by Gasteiger charge is 1.99. The first kappa shape index (κ1) is 12.1. The zero-order valence-corrected chi connectivity index (χ0v) is 9.53. The Morgan fingerprint density at radius 2 is 2.27 bits per heavy atom. The lowest BCUT2D eigenvalue weighted by Gasteiger charge is -2.08. The smallest absolute Gasteiger partial charge is 0.0549 e. The number of hydrogen-bond donors (Lipinski definition) is 2. The maximum Gasteiger partial charge on any atom is 0.0549 e. The Balaban J connectivity index is 2.20. The van der Waals surface area contributed by atoms with Gasteiger partial charge in [-0.15, -0.1) is 0 Å². The second kappa shape index (κ2) is 6.53. The SMILES string of the molecule is CCC(O)CCNCc1cccc(C)n1. The minimum absolute atomic E-state index is 0.178. The summed E-state index contributed by atoms with van der Waals surface area (Å²) in [5.41, 5.74) is 2.10. The molecule has 0 saturated heterocycles. The lowest BCUT2D eigenvalue weighted by atomic mass is 10.2. The van der Waals surface area contributed by atoms with Crippen LogP contribution < -0.4 is 5.32 Å². The number of aliphatic hydroxyl groups excluding tert-OH is 1. The Hall–Kier alpha value is -0.930. The topological polar surface area (TPSA) is 45.1 Å². The van der Waals surface area contributed by atoms with E-state index in [1.54, 1.807) is 0 Å². The molecule has 0 spiro atoms. The summed E-state index contributed by atoms with van der Waals surface area (Å²) >= 11 is 0. The van der Waals surface area contributed by atoms with E-state index < -0.39 is 0 Å². The summed E-state index contributed by atoms with van der Waals surface area (Å²) < 4.78 is 0. The van der Waals surface area contributed by atoms with E-state index >= 15 is 0 Å². The van der Waals surface area contributed by atoms with Crippen molar-refractivity contribution in [3.8, 4) is 0 Å². The standard InChI is InChI=1S/C12H20N2O/c1-3-12(15)7-8-13-9-11-6-4-5-10(2)14-11/h4-6,12-13,15H,3,7-9H2,1-2H3. The largest absolute Gasteiger partial charge is 0.393 e. The second-order valence-corrected chi connectivity index (χ2v) is 3.80. The lowest BCUT2D eigenvalue weighted by Crippen LogP contribution is -2.20. The molecule has 0 fully saturated rings. The van der Waals surface area contributed by atoms with E-state index in [1.807, 2.05) is 32.0 Å². The Morgan fingerprint density at radius 1 is 1.47 bits per heavy atom. The average Bonchev–Trinajstić information content (AvgIpc) is 2.24. The molecule has 0 aromatic carbocycles. The first-order valence-corrected chi connectivity index (χ1v) is 5.53. The molecule has 1 atom stereocenters. The van der Waals surface area contributed by atoms with Crippen LogP contribution in [0.15, 0.2) is 18.2 Å². The van der Waals surface area contributed by atoms with Crippen LogP contribution in [0.4, 0.5) is 0 Å². The van der Waals surface area contributed by atoms with E-state index in [2.05, 4.69) is 10.3 Å². The molecule has 3 heteroatoms. The number of nitrogens with one attached hydrogen (secondary N) is 1. The predicted octanol–water partition coefficient (Wildman–Crippen LogP) is 1.64. The van der Waals surface area contributed by atoms with Crippen LogP contribution in [0.1, 0.15) is 31.2 Å². The Labute approximate surface area is 91.5 Å². The molecule has 0 amide bonds. The van der Waals surface area contributed by atoms with Crippen LogP contribution in [0.3, 0.4) is 0 Å². The van der Waals surface area contributed by atoms with E-state index in [4.69, 9.17) is 0 Å². The summed E-state index contributed by atoms with van der Waals surface area (Å²) in [6, 6.07) is 6.01. The molecule has 1 unspecified atom stereocenters. The molecule has 0 bridgehead atoms. The van der Waals surface area contributed by atoms with Gasteiger partial charge in [0.25, 0.3) is 0 Å².